The Labute approximate surface area is 211 Å². The van der Waals surface area contributed by atoms with Crippen LogP contribution in [0, 0.1) is 12.8 Å². The van der Waals surface area contributed by atoms with Gasteiger partial charge in [0.15, 0.2) is 24.0 Å². The third-order valence-electron chi connectivity index (χ3n) is 8.21. The van der Waals surface area contributed by atoms with Crippen LogP contribution in [0.2, 0.25) is 0 Å². The highest BCUT2D eigenvalue weighted by Crippen LogP contribution is 2.39. The molecule has 0 aromatic carbocycles. The van der Waals surface area contributed by atoms with E-state index in [-0.39, 0.29) is 18.0 Å². The van der Waals surface area contributed by atoms with Crippen LogP contribution in [0.15, 0.2) is 29.9 Å². The molecule has 0 radical (unpaired) electrons. The average molecular weight is 499 g/mol. The number of quaternary nitrogens is 1. The van der Waals surface area contributed by atoms with Crippen LogP contribution in [-0.4, -0.2) is 76.6 Å². The molecule has 2 aromatic rings. The molecule has 9 heteroatoms. The minimum Gasteiger partial charge on any atom is -0.454 e. The highest BCUT2D eigenvalue weighted by Gasteiger charge is 2.51. The molecule has 1 amide bonds. The van der Waals surface area contributed by atoms with Gasteiger partial charge in [0.05, 0.1) is 31.2 Å². The standard InChI is InChI=1S/C26H35N5O3S/c1-19-15-28-23(16-27-19)29-24(32)18-31-12-8-20(9-13-31)21(17-31)34-25(33)26(2,22-7-6-14-35-22)30-10-4-3-5-11-30/h6-7,14-16,20-21H,3-5,8-13,17-18H2,1-2H3/p+1/t20?,21-,26?,31?/m1/s1. The average Bonchev–Trinajstić information content (AvgIpc) is 3.41. The first-order valence-electron chi connectivity index (χ1n) is 12.8. The fourth-order valence-corrected chi connectivity index (χ4v) is 6.96. The molecular formula is C26H36N5O3S+. The van der Waals surface area contributed by atoms with Gasteiger partial charge in [-0.3, -0.25) is 14.7 Å². The molecular weight excluding hydrogens is 462 g/mol. The normalized spacial score (nSPS) is 28.3. The van der Waals surface area contributed by atoms with Crippen LogP contribution in [0.5, 0.6) is 0 Å². The molecule has 35 heavy (non-hydrogen) atoms. The Morgan fingerprint density at radius 3 is 2.63 bits per heavy atom. The van der Waals surface area contributed by atoms with Gasteiger partial charge in [-0.25, -0.2) is 9.78 Å². The second-order valence-corrected chi connectivity index (χ2v) is 11.5. The number of nitrogens with zero attached hydrogens (tertiary/aromatic N) is 4. The Bertz CT molecular complexity index is 1030. The molecule has 2 aromatic heterocycles. The van der Waals surface area contributed by atoms with Gasteiger partial charge in [0, 0.05) is 23.6 Å². The Kier molecular flexibility index (Phi) is 6.92. The number of carbonyl (C=O) groups is 2. The summed E-state index contributed by atoms with van der Waals surface area (Å²) in [7, 11) is 0. The summed E-state index contributed by atoms with van der Waals surface area (Å²) in [5.41, 5.74) is 0.0548. The van der Waals surface area contributed by atoms with E-state index in [1.54, 1.807) is 23.7 Å². The molecule has 4 saturated heterocycles. The highest BCUT2D eigenvalue weighted by atomic mass is 32.1. The molecule has 6 heterocycles. The van der Waals surface area contributed by atoms with Crippen molar-refractivity contribution in [3.05, 3.63) is 40.5 Å². The molecule has 4 fully saturated rings. The number of likely N-dealkylation sites (tertiary alicyclic amines) is 1. The number of aromatic nitrogens is 2. The topological polar surface area (TPSA) is 84.4 Å². The maximum Gasteiger partial charge on any atom is 0.332 e. The van der Waals surface area contributed by atoms with Crippen LogP contribution in [0.4, 0.5) is 5.82 Å². The summed E-state index contributed by atoms with van der Waals surface area (Å²) >= 11 is 1.63. The summed E-state index contributed by atoms with van der Waals surface area (Å²) in [5, 5.41) is 4.93. The van der Waals surface area contributed by atoms with Crippen molar-refractivity contribution < 1.29 is 18.8 Å². The minimum absolute atomic E-state index is 0.0645. The molecule has 188 valence electrons. The first-order valence-corrected chi connectivity index (χ1v) is 13.7. The van der Waals surface area contributed by atoms with Gasteiger partial charge in [-0.05, 0) is 51.2 Å². The van der Waals surface area contributed by atoms with E-state index in [0.29, 0.717) is 29.3 Å². The molecule has 0 aliphatic carbocycles. The van der Waals surface area contributed by atoms with Crippen LogP contribution in [0.25, 0.3) is 0 Å². The third-order valence-corrected chi connectivity index (χ3v) is 9.30. The molecule has 8 nitrogen and oxygen atoms in total. The number of aryl methyl sites for hydroxylation is 1. The van der Waals surface area contributed by atoms with Crippen LogP contribution in [0.1, 0.15) is 49.6 Å². The highest BCUT2D eigenvalue weighted by molar-refractivity contribution is 7.10. The van der Waals surface area contributed by atoms with Crippen molar-refractivity contribution in [1.82, 2.24) is 14.9 Å². The number of nitrogens with one attached hydrogen (secondary N) is 1. The number of anilines is 1. The van der Waals surface area contributed by atoms with Gasteiger partial charge in [0.2, 0.25) is 0 Å². The Hall–Kier alpha value is -2.36. The van der Waals surface area contributed by atoms with E-state index >= 15 is 0 Å². The van der Waals surface area contributed by atoms with Gasteiger partial charge in [-0.2, -0.15) is 0 Å². The summed E-state index contributed by atoms with van der Waals surface area (Å²) in [4.78, 5) is 38.5. The zero-order valence-electron chi connectivity index (χ0n) is 20.7. The lowest BCUT2D eigenvalue weighted by atomic mass is 9.83. The molecule has 0 spiro atoms. The Balaban J connectivity index is 1.28. The van der Waals surface area contributed by atoms with Gasteiger partial charge in [0.1, 0.15) is 6.54 Å². The number of hydrogen-bond donors (Lipinski definition) is 1. The SMILES string of the molecule is Cc1cnc(NC(=O)C[N+]23CCC(CC2)[C@H](OC(=O)C(C)(c2cccs2)N2CCCCC2)C3)cn1. The number of rotatable bonds is 7. The third kappa shape index (κ3) is 4.99. The summed E-state index contributed by atoms with van der Waals surface area (Å²) in [6.07, 6.45) is 8.49. The lowest BCUT2D eigenvalue weighted by Crippen LogP contribution is -2.66. The largest absolute Gasteiger partial charge is 0.454 e. The van der Waals surface area contributed by atoms with Crippen LogP contribution >= 0.6 is 11.3 Å². The van der Waals surface area contributed by atoms with E-state index < -0.39 is 5.54 Å². The monoisotopic (exact) mass is 498 g/mol. The Morgan fingerprint density at radius 2 is 1.97 bits per heavy atom. The molecule has 1 N–H and O–H groups in total. The fraction of sp³-hybridized carbons (Fsp3) is 0.615. The van der Waals surface area contributed by atoms with E-state index in [2.05, 4.69) is 26.3 Å². The van der Waals surface area contributed by atoms with E-state index in [1.165, 1.54) is 6.42 Å². The molecule has 0 saturated carbocycles. The number of fused-ring (bicyclic) bond motifs is 3. The van der Waals surface area contributed by atoms with Crippen molar-refractivity contribution in [1.29, 1.82) is 0 Å². The van der Waals surface area contributed by atoms with Gasteiger partial charge in [-0.15, -0.1) is 11.3 Å². The molecule has 6 rings (SSSR count). The van der Waals surface area contributed by atoms with E-state index in [4.69, 9.17) is 4.74 Å². The summed E-state index contributed by atoms with van der Waals surface area (Å²) < 4.78 is 7.03. The van der Waals surface area contributed by atoms with E-state index in [1.807, 2.05) is 25.3 Å². The van der Waals surface area contributed by atoms with Crippen LogP contribution in [0.3, 0.4) is 0 Å². The lowest BCUT2D eigenvalue weighted by Gasteiger charge is -2.52. The van der Waals surface area contributed by atoms with Gasteiger partial charge < -0.3 is 14.5 Å². The van der Waals surface area contributed by atoms with Crippen molar-refractivity contribution in [2.24, 2.45) is 5.92 Å². The Morgan fingerprint density at radius 1 is 1.20 bits per heavy atom. The van der Waals surface area contributed by atoms with Crippen molar-refractivity contribution in [3.8, 4) is 0 Å². The van der Waals surface area contributed by atoms with Crippen molar-refractivity contribution in [2.75, 3.05) is 44.6 Å². The first-order chi connectivity index (χ1) is 16.9. The van der Waals surface area contributed by atoms with E-state index in [0.717, 1.165) is 62.4 Å². The first kappa shape index (κ1) is 24.3. The van der Waals surface area contributed by atoms with Crippen LogP contribution in [-0.2, 0) is 19.9 Å². The number of hydrogen-bond acceptors (Lipinski definition) is 7. The number of amides is 1. The predicted molar refractivity (Wildman–Crippen MR) is 135 cm³/mol. The number of esters is 1. The minimum atomic E-state index is -0.757. The van der Waals surface area contributed by atoms with Gasteiger partial charge >= 0.3 is 5.97 Å². The van der Waals surface area contributed by atoms with E-state index in [9.17, 15) is 9.59 Å². The van der Waals surface area contributed by atoms with Gasteiger partial charge in [0.25, 0.3) is 5.91 Å². The number of carbonyl (C=O) groups excluding carboxylic acids is 2. The number of thiophene rings is 1. The second kappa shape index (κ2) is 9.95. The van der Waals surface area contributed by atoms with Crippen molar-refractivity contribution in [3.63, 3.8) is 0 Å². The van der Waals surface area contributed by atoms with Crippen LogP contribution < -0.4 is 5.32 Å². The molecule has 4 aliphatic heterocycles. The number of ether oxygens (including phenoxy) is 1. The number of piperidine rings is 4. The zero-order valence-corrected chi connectivity index (χ0v) is 21.6. The zero-order chi connectivity index (χ0) is 24.5. The van der Waals surface area contributed by atoms with Crippen molar-refractivity contribution in [2.45, 2.75) is 57.6 Å². The summed E-state index contributed by atoms with van der Waals surface area (Å²) in [6, 6.07) is 4.07. The maximum atomic E-state index is 13.8. The van der Waals surface area contributed by atoms with Crippen molar-refractivity contribution >= 4 is 29.0 Å². The maximum absolute atomic E-state index is 13.8. The molecule has 2 bridgehead atoms. The predicted octanol–water partition coefficient (Wildman–Crippen LogP) is 3.34. The summed E-state index contributed by atoms with van der Waals surface area (Å²) in [5.74, 6) is 0.643. The van der Waals surface area contributed by atoms with Gasteiger partial charge in [-0.1, -0.05) is 12.5 Å². The quantitative estimate of drug-likeness (QED) is 0.466. The molecule has 2 atom stereocenters. The molecule has 1 unspecified atom stereocenters. The second-order valence-electron chi connectivity index (χ2n) is 10.6. The fourth-order valence-electron chi connectivity index (χ4n) is 6.06. The molecule has 4 aliphatic rings. The lowest BCUT2D eigenvalue weighted by molar-refractivity contribution is -0.939. The summed E-state index contributed by atoms with van der Waals surface area (Å²) in [6.45, 7) is 8.69. The smallest absolute Gasteiger partial charge is 0.332 e.